The third-order valence-electron chi connectivity index (χ3n) is 4.50. The fourth-order valence-electron chi connectivity index (χ4n) is 2.84. The van der Waals surface area contributed by atoms with Crippen LogP contribution < -0.4 is 20.2 Å². The Hall–Kier alpha value is -3.69. The van der Waals surface area contributed by atoms with Gasteiger partial charge < -0.3 is 14.8 Å². The molecule has 2 N–H and O–H groups in total. The van der Waals surface area contributed by atoms with Crippen molar-refractivity contribution in [2.75, 3.05) is 13.2 Å². The van der Waals surface area contributed by atoms with E-state index in [-0.39, 0.29) is 22.9 Å². The van der Waals surface area contributed by atoms with Crippen molar-refractivity contribution in [3.63, 3.8) is 0 Å². The zero-order valence-electron chi connectivity index (χ0n) is 18.6. The van der Waals surface area contributed by atoms with Gasteiger partial charge in [-0.25, -0.2) is 10.2 Å². The molecule has 10 heteroatoms. The molecule has 3 aromatic carbocycles. The number of hydrogen-bond acceptors (Lipinski definition) is 6. The lowest BCUT2D eigenvalue weighted by Gasteiger charge is -2.09. The second kappa shape index (κ2) is 12.7. The summed E-state index contributed by atoms with van der Waals surface area (Å²) in [6, 6.07) is 18.1. The van der Waals surface area contributed by atoms with Gasteiger partial charge in [0.2, 0.25) is 0 Å². The zero-order valence-corrected chi connectivity index (χ0v) is 20.9. The quantitative estimate of drug-likeness (QED) is 0.173. The van der Waals surface area contributed by atoms with E-state index in [2.05, 4.69) is 31.8 Å². The number of nitrogens with one attached hydrogen (secondary N) is 2. The highest BCUT2D eigenvalue weighted by Gasteiger charge is 2.13. The molecule has 35 heavy (non-hydrogen) atoms. The van der Waals surface area contributed by atoms with Crippen LogP contribution >= 0.6 is 27.5 Å². The molecule has 0 heterocycles. The summed E-state index contributed by atoms with van der Waals surface area (Å²) in [7, 11) is 0. The Morgan fingerprint density at radius 1 is 1.06 bits per heavy atom. The molecule has 0 spiro atoms. The predicted octanol–water partition coefficient (Wildman–Crippen LogP) is 4.60. The van der Waals surface area contributed by atoms with Gasteiger partial charge in [0.15, 0.2) is 0 Å². The second-order valence-corrected chi connectivity index (χ2v) is 8.31. The van der Waals surface area contributed by atoms with E-state index in [9.17, 15) is 14.4 Å². The summed E-state index contributed by atoms with van der Waals surface area (Å²) in [6.45, 7) is 2.09. The Balaban J connectivity index is 1.59. The molecule has 0 aliphatic rings. The normalized spacial score (nSPS) is 10.6. The van der Waals surface area contributed by atoms with Gasteiger partial charge in [0.05, 0.1) is 35.5 Å². The maximum Gasteiger partial charge on any atom is 0.343 e. The molecule has 3 aromatic rings. The van der Waals surface area contributed by atoms with Crippen molar-refractivity contribution >= 4 is 51.5 Å². The monoisotopic (exact) mass is 557 g/mol. The lowest BCUT2D eigenvalue weighted by Crippen LogP contribution is -2.35. The molecule has 0 aliphatic carbocycles. The third-order valence-corrected chi connectivity index (χ3v) is 5.32. The standard InChI is InChI=1S/C25H21BrClN3O5/c1-2-34-19-10-7-16(8-11-19)25(33)35-22-12-9-18(26)13-17(22)14-29-30-23(31)15-28-24(32)20-5-3-4-6-21(20)27/h3-14H,2,15H2,1H3,(H,28,32)(H,30,31)/b29-14-. The highest BCUT2D eigenvalue weighted by Crippen LogP contribution is 2.23. The van der Waals surface area contributed by atoms with Crippen LogP contribution in [-0.2, 0) is 4.79 Å². The van der Waals surface area contributed by atoms with Gasteiger partial charge in [0.1, 0.15) is 11.5 Å². The molecule has 0 unspecified atom stereocenters. The maximum absolute atomic E-state index is 12.6. The van der Waals surface area contributed by atoms with Crippen LogP contribution in [0.3, 0.4) is 0 Å². The van der Waals surface area contributed by atoms with Crippen molar-refractivity contribution in [1.29, 1.82) is 0 Å². The average molecular weight is 559 g/mol. The third kappa shape index (κ3) is 7.66. The summed E-state index contributed by atoms with van der Waals surface area (Å²) in [5.41, 5.74) is 3.37. The molecule has 0 atom stereocenters. The number of hydrogen-bond donors (Lipinski definition) is 2. The van der Waals surface area contributed by atoms with Crippen LogP contribution in [0.25, 0.3) is 0 Å². The summed E-state index contributed by atoms with van der Waals surface area (Å²) in [5.74, 6) is -0.692. The molecule has 0 saturated heterocycles. The van der Waals surface area contributed by atoms with E-state index in [0.29, 0.717) is 23.5 Å². The molecule has 0 bridgehead atoms. The first kappa shape index (κ1) is 25.9. The number of amides is 2. The molecular formula is C25H21BrClN3O5. The summed E-state index contributed by atoms with van der Waals surface area (Å²) < 4.78 is 11.6. The molecule has 0 saturated carbocycles. The number of carbonyl (C=O) groups is 3. The molecule has 0 aromatic heterocycles. The Kier molecular flexibility index (Phi) is 9.39. The number of carbonyl (C=O) groups excluding carboxylic acids is 3. The predicted molar refractivity (Wildman–Crippen MR) is 136 cm³/mol. The average Bonchev–Trinajstić information content (AvgIpc) is 2.85. The van der Waals surface area contributed by atoms with E-state index in [1.807, 2.05) is 6.92 Å². The minimum Gasteiger partial charge on any atom is -0.494 e. The van der Waals surface area contributed by atoms with Crippen molar-refractivity contribution in [1.82, 2.24) is 10.7 Å². The van der Waals surface area contributed by atoms with Gasteiger partial charge in [-0.15, -0.1) is 0 Å². The molecule has 180 valence electrons. The number of ether oxygens (including phenoxy) is 2. The molecule has 8 nitrogen and oxygen atoms in total. The number of esters is 1. The van der Waals surface area contributed by atoms with Crippen LogP contribution in [-0.4, -0.2) is 37.1 Å². The van der Waals surface area contributed by atoms with Crippen molar-refractivity contribution in [3.05, 3.63) is 92.9 Å². The molecule has 0 fully saturated rings. The summed E-state index contributed by atoms with van der Waals surface area (Å²) in [6.07, 6.45) is 1.33. The van der Waals surface area contributed by atoms with Crippen LogP contribution in [0.1, 0.15) is 33.2 Å². The highest BCUT2D eigenvalue weighted by atomic mass is 79.9. The molecule has 0 aliphatic heterocycles. The van der Waals surface area contributed by atoms with E-state index in [4.69, 9.17) is 21.1 Å². The fraction of sp³-hybridized carbons (Fsp3) is 0.120. The minimum absolute atomic E-state index is 0.247. The van der Waals surface area contributed by atoms with E-state index in [0.717, 1.165) is 4.47 Å². The summed E-state index contributed by atoms with van der Waals surface area (Å²) in [4.78, 5) is 36.8. The van der Waals surface area contributed by atoms with Gasteiger partial charge in [-0.1, -0.05) is 39.7 Å². The first-order valence-corrected chi connectivity index (χ1v) is 11.6. The zero-order chi connectivity index (χ0) is 25.2. The van der Waals surface area contributed by atoms with Crippen LogP contribution in [0, 0.1) is 0 Å². The number of rotatable bonds is 9. The van der Waals surface area contributed by atoms with E-state index in [1.165, 1.54) is 6.21 Å². The lowest BCUT2D eigenvalue weighted by atomic mass is 10.2. The SMILES string of the molecule is CCOc1ccc(C(=O)Oc2ccc(Br)cc2/C=N\NC(=O)CNC(=O)c2ccccc2Cl)cc1. The lowest BCUT2D eigenvalue weighted by molar-refractivity contribution is -0.120. The number of benzene rings is 3. The van der Waals surface area contributed by atoms with Gasteiger partial charge in [0, 0.05) is 10.0 Å². The van der Waals surface area contributed by atoms with Crippen molar-refractivity contribution in [3.8, 4) is 11.5 Å². The first-order chi connectivity index (χ1) is 16.9. The van der Waals surface area contributed by atoms with E-state index in [1.54, 1.807) is 66.7 Å². The number of nitrogens with zero attached hydrogens (tertiary/aromatic N) is 1. The maximum atomic E-state index is 12.6. The number of halogens is 2. The van der Waals surface area contributed by atoms with Gasteiger partial charge in [-0.3, -0.25) is 9.59 Å². The van der Waals surface area contributed by atoms with Crippen molar-refractivity contribution < 1.29 is 23.9 Å². The molecule has 0 radical (unpaired) electrons. The Bertz CT molecular complexity index is 1250. The van der Waals surface area contributed by atoms with Crippen LogP contribution in [0.4, 0.5) is 0 Å². The van der Waals surface area contributed by atoms with E-state index < -0.39 is 17.8 Å². The van der Waals surface area contributed by atoms with Gasteiger partial charge in [0.25, 0.3) is 11.8 Å². The summed E-state index contributed by atoms with van der Waals surface area (Å²) >= 11 is 9.34. The van der Waals surface area contributed by atoms with Crippen LogP contribution in [0.5, 0.6) is 11.5 Å². The fourth-order valence-corrected chi connectivity index (χ4v) is 3.44. The Labute approximate surface area is 215 Å². The van der Waals surface area contributed by atoms with Crippen molar-refractivity contribution in [2.45, 2.75) is 6.92 Å². The van der Waals surface area contributed by atoms with E-state index >= 15 is 0 Å². The largest absolute Gasteiger partial charge is 0.494 e. The minimum atomic E-state index is -0.559. The number of hydrazone groups is 1. The molecule has 2 amide bonds. The van der Waals surface area contributed by atoms with Crippen LogP contribution in [0.2, 0.25) is 5.02 Å². The Morgan fingerprint density at radius 3 is 2.51 bits per heavy atom. The van der Waals surface area contributed by atoms with Crippen LogP contribution in [0.15, 0.2) is 76.3 Å². The Morgan fingerprint density at radius 2 is 1.80 bits per heavy atom. The van der Waals surface area contributed by atoms with Gasteiger partial charge in [-0.05, 0) is 61.5 Å². The van der Waals surface area contributed by atoms with Gasteiger partial charge in [-0.2, -0.15) is 5.10 Å². The smallest absolute Gasteiger partial charge is 0.343 e. The van der Waals surface area contributed by atoms with Crippen molar-refractivity contribution in [2.24, 2.45) is 5.10 Å². The molecular weight excluding hydrogens is 538 g/mol. The highest BCUT2D eigenvalue weighted by molar-refractivity contribution is 9.10. The second-order valence-electron chi connectivity index (χ2n) is 6.98. The molecule has 3 rings (SSSR count). The van der Waals surface area contributed by atoms with Gasteiger partial charge >= 0.3 is 5.97 Å². The topological polar surface area (TPSA) is 106 Å². The first-order valence-electron chi connectivity index (χ1n) is 10.5. The summed E-state index contributed by atoms with van der Waals surface area (Å²) in [5, 5.41) is 6.65.